The summed E-state index contributed by atoms with van der Waals surface area (Å²) < 4.78 is 0. The molecule has 1 aliphatic rings. The molecule has 6 nitrogen and oxygen atoms in total. The first-order valence-electron chi connectivity index (χ1n) is 9.03. The van der Waals surface area contributed by atoms with Gasteiger partial charge in [-0.05, 0) is 29.8 Å². The van der Waals surface area contributed by atoms with Gasteiger partial charge in [-0.1, -0.05) is 30.3 Å². The number of rotatable bonds is 6. The molecule has 1 aliphatic heterocycles. The van der Waals surface area contributed by atoms with Crippen LogP contribution in [0, 0.1) is 0 Å². The molecule has 2 aromatic carbocycles. The first-order chi connectivity index (χ1) is 13.0. The van der Waals surface area contributed by atoms with Crippen LogP contribution in [-0.4, -0.2) is 43.2 Å². The smallest absolute Gasteiger partial charge is 0.243 e. The zero-order chi connectivity index (χ0) is 19.2. The maximum Gasteiger partial charge on any atom is 0.243 e. The van der Waals surface area contributed by atoms with Gasteiger partial charge in [-0.15, -0.1) is 0 Å². The molecule has 6 heteroatoms. The van der Waals surface area contributed by atoms with Crippen LogP contribution in [0.2, 0.25) is 0 Å². The van der Waals surface area contributed by atoms with E-state index in [-0.39, 0.29) is 24.7 Å². The van der Waals surface area contributed by atoms with Gasteiger partial charge in [-0.3, -0.25) is 9.59 Å². The van der Waals surface area contributed by atoms with Crippen molar-refractivity contribution in [2.45, 2.75) is 19.3 Å². The lowest BCUT2D eigenvalue weighted by Crippen LogP contribution is -2.25. The van der Waals surface area contributed by atoms with Crippen LogP contribution in [0.1, 0.15) is 24.8 Å². The third-order valence-electron chi connectivity index (χ3n) is 4.43. The molecule has 0 unspecified atom stereocenters. The summed E-state index contributed by atoms with van der Waals surface area (Å²) >= 11 is 0. The van der Waals surface area contributed by atoms with E-state index in [2.05, 4.69) is 10.4 Å². The van der Waals surface area contributed by atoms with E-state index in [4.69, 9.17) is 0 Å². The number of carbonyl (C=O) groups excluding carboxylic acids is 2. The Bertz CT molecular complexity index is 829. The van der Waals surface area contributed by atoms with Crippen LogP contribution in [0.15, 0.2) is 59.7 Å². The Hall–Kier alpha value is -3.15. The van der Waals surface area contributed by atoms with Crippen molar-refractivity contribution in [3.63, 3.8) is 0 Å². The fraction of sp³-hybridized carbons (Fsp3) is 0.286. The molecular formula is C21H24N4O2. The highest BCUT2D eigenvalue weighted by atomic mass is 16.2. The molecule has 0 aromatic heterocycles. The lowest BCUT2D eigenvalue weighted by atomic mass is 10.1. The van der Waals surface area contributed by atoms with E-state index < -0.39 is 0 Å². The first kappa shape index (κ1) is 18.6. The quantitative estimate of drug-likeness (QED) is 0.857. The summed E-state index contributed by atoms with van der Waals surface area (Å²) in [5.41, 5.74) is 3.73. The molecule has 140 valence electrons. The predicted molar refractivity (Wildman–Crippen MR) is 108 cm³/mol. The molecule has 1 heterocycles. The second kappa shape index (κ2) is 8.49. The number of anilines is 2. The van der Waals surface area contributed by atoms with Crippen LogP contribution in [0.3, 0.4) is 0 Å². The van der Waals surface area contributed by atoms with Gasteiger partial charge in [0.25, 0.3) is 0 Å². The van der Waals surface area contributed by atoms with Crippen molar-refractivity contribution in [2.75, 3.05) is 30.9 Å². The second-order valence-electron chi connectivity index (χ2n) is 6.67. The first-order valence-corrected chi connectivity index (χ1v) is 9.03. The topological polar surface area (TPSA) is 65.0 Å². The van der Waals surface area contributed by atoms with Gasteiger partial charge in [-0.25, -0.2) is 5.01 Å². The Morgan fingerprint density at radius 2 is 1.74 bits per heavy atom. The maximum absolute atomic E-state index is 12.3. The van der Waals surface area contributed by atoms with Crippen LogP contribution in [0.4, 0.5) is 11.4 Å². The van der Waals surface area contributed by atoms with Gasteiger partial charge in [0.05, 0.1) is 12.3 Å². The van der Waals surface area contributed by atoms with Crippen molar-refractivity contribution in [1.29, 1.82) is 0 Å². The van der Waals surface area contributed by atoms with Crippen LogP contribution >= 0.6 is 0 Å². The molecule has 0 bridgehead atoms. The molecule has 0 aliphatic carbocycles. The zero-order valence-electron chi connectivity index (χ0n) is 15.7. The van der Waals surface area contributed by atoms with Gasteiger partial charge < -0.3 is 10.2 Å². The summed E-state index contributed by atoms with van der Waals surface area (Å²) in [6.45, 7) is 0.566. The molecule has 1 N–H and O–H groups in total. The molecule has 0 atom stereocenters. The third kappa shape index (κ3) is 4.94. The van der Waals surface area contributed by atoms with Crippen molar-refractivity contribution in [2.24, 2.45) is 5.10 Å². The van der Waals surface area contributed by atoms with E-state index in [0.29, 0.717) is 6.54 Å². The normalized spacial score (nSPS) is 13.3. The van der Waals surface area contributed by atoms with Gasteiger partial charge in [-0.2, -0.15) is 5.10 Å². The highest BCUT2D eigenvalue weighted by Gasteiger charge is 2.21. The summed E-state index contributed by atoms with van der Waals surface area (Å²) in [5, 5.41) is 8.71. The standard InChI is InChI=1S/C21H24N4O2/c1-24(2)18-10-8-17(9-11-18)22-20(26)12-13-21(27)25-15-14-19(23-25)16-6-4-3-5-7-16/h3-11H,12-15H2,1-2H3,(H,22,26). The van der Waals surface area contributed by atoms with E-state index in [9.17, 15) is 9.59 Å². The minimum Gasteiger partial charge on any atom is -0.378 e. The Kier molecular flexibility index (Phi) is 5.86. The van der Waals surface area contributed by atoms with Crippen molar-refractivity contribution in [3.05, 3.63) is 60.2 Å². The van der Waals surface area contributed by atoms with E-state index in [1.807, 2.05) is 73.6 Å². The van der Waals surface area contributed by atoms with E-state index in [1.165, 1.54) is 5.01 Å². The number of benzene rings is 2. The Morgan fingerprint density at radius 3 is 2.41 bits per heavy atom. The Morgan fingerprint density at radius 1 is 1.04 bits per heavy atom. The summed E-state index contributed by atoms with van der Waals surface area (Å²) in [5.74, 6) is -0.300. The number of hydrogen-bond acceptors (Lipinski definition) is 4. The van der Waals surface area contributed by atoms with Crippen molar-refractivity contribution in [3.8, 4) is 0 Å². The largest absolute Gasteiger partial charge is 0.378 e. The molecule has 0 radical (unpaired) electrons. The highest BCUT2D eigenvalue weighted by molar-refractivity contribution is 6.02. The van der Waals surface area contributed by atoms with Crippen LogP contribution in [-0.2, 0) is 9.59 Å². The van der Waals surface area contributed by atoms with Gasteiger partial charge in [0.2, 0.25) is 11.8 Å². The molecule has 2 amide bonds. The average molecular weight is 364 g/mol. The van der Waals surface area contributed by atoms with Crippen molar-refractivity contribution >= 4 is 28.9 Å². The van der Waals surface area contributed by atoms with Gasteiger partial charge >= 0.3 is 0 Å². The number of nitrogens with zero attached hydrogens (tertiary/aromatic N) is 3. The maximum atomic E-state index is 12.3. The molecule has 0 saturated heterocycles. The Balaban J connectivity index is 1.49. The molecule has 0 fully saturated rings. The zero-order valence-corrected chi connectivity index (χ0v) is 15.7. The number of nitrogens with one attached hydrogen (secondary N) is 1. The SMILES string of the molecule is CN(C)c1ccc(NC(=O)CCC(=O)N2CCC(c3ccccc3)=N2)cc1. The van der Waals surface area contributed by atoms with Crippen LogP contribution in [0.5, 0.6) is 0 Å². The van der Waals surface area contributed by atoms with Crippen molar-refractivity contribution < 1.29 is 9.59 Å². The van der Waals surface area contributed by atoms with Gasteiger partial charge in [0, 0.05) is 44.7 Å². The fourth-order valence-corrected chi connectivity index (χ4v) is 2.89. The lowest BCUT2D eigenvalue weighted by Gasteiger charge is -2.13. The number of hydrazone groups is 1. The van der Waals surface area contributed by atoms with E-state index in [1.54, 1.807) is 0 Å². The van der Waals surface area contributed by atoms with Crippen LogP contribution < -0.4 is 10.2 Å². The average Bonchev–Trinajstić information content (AvgIpc) is 3.17. The summed E-state index contributed by atoms with van der Waals surface area (Å²) in [7, 11) is 3.92. The van der Waals surface area contributed by atoms with E-state index in [0.717, 1.165) is 29.1 Å². The molecule has 27 heavy (non-hydrogen) atoms. The molecule has 2 aromatic rings. The minimum absolute atomic E-state index is 0.126. The highest BCUT2D eigenvalue weighted by Crippen LogP contribution is 2.17. The van der Waals surface area contributed by atoms with E-state index >= 15 is 0 Å². The molecule has 3 rings (SSSR count). The monoisotopic (exact) mass is 364 g/mol. The van der Waals surface area contributed by atoms with Gasteiger partial charge in [0.1, 0.15) is 0 Å². The number of carbonyl (C=O) groups is 2. The van der Waals surface area contributed by atoms with Crippen molar-refractivity contribution in [1.82, 2.24) is 5.01 Å². The molecule has 0 spiro atoms. The lowest BCUT2D eigenvalue weighted by molar-refractivity contribution is -0.132. The predicted octanol–water partition coefficient (Wildman–Crippen LogP) is 3.11. The molecular weight excluding hydrogens is 340 g/mol. The van der Waals surface area contributed by atoms with Gasteiger partial charge in [0.15, 0.2) is 0 Å². The van der Waals surface area contributed by atoms with Crippen LogP contribution in [0.25, 0.3) is 0 Å². The number of hydrogen-bond donors (Lipinski definition) is 1. The summed E-state index contributed by atoms with van der Waals surface area (Å²) in [6, 6.07) is 17.4. The molecule has 0 saturated carbocycles. The number of amides is 2. The summed E-state index contributed by atoms with van der Waals surface area (Å²) in [6.07, 6.45) is 1.02. The second-order valence-corrected chi connectivity index (χ2v) is 6.67. The minimum atomic E-state index is -0.174. The summed E-state index contributed by atoms with van der Waals surface area (Å²) in [4.78, 5) is 26.4. The Labute approximate surface area is 159 Å². The fourth-order valence-electron chi connectivity index (χ4n) is 2.89. The third-order valence-corrected chi connectivity index (χ3v) is 4.43.